The fraction of sp³-hybridized carbons (Fsp3) is 0.412. The second-order valence-corrected chi connectivity index (χ2v) is 7.36. The number of hydrogen-bond donors (Lipinski definition) is 1. The topological polar surface area (TPSA) is 54.2 Å². The lowest BCUT2D eigenvalue weighted by Gasteiger charge is -2.38. The van der Waals surface area contributed by atoms with Gasteiger partial charge in [-0.1, -0.05) is 23.5 Å². The zero-order valence-corrected chi connectivity index (χ0v) is 14.5. The van der Waals surface area contributed by atoms with E-state index in [-0.39, 0.29) is 5.82 Å². The number of piperidine rings is 1. The maximum Gasteiger partial charge on any atom is 0.188 e. The number of fused-ring (bicyclic) bond motifs is 1. The third kappa shape index (κ3) is 2.48. The van der Waals surface area contributed by atoms with E-state index in [0.717, 1.165) is 39.8 Å². The number of halogens is 1. The van der Waals surface area contributed by atoms with E-state index in [1.165, 1.54) is 12.1 Å². The minimum atomic E-state index is -0.891. The van der Waals surface area contributed by atoms with E-state index in [1.54, 1.807) is 23.5 Å². The number of aromatic nitrogens is 3. The van der Waals surface area contributed by atoms with Gasteiger partial charge in [-0.3, -0.25) is 0 Å². The van der Waals surface area contributed by atoms with Gasteiger partial charge in [0.15, 0.2) is 10.8 Å². The molecule has 0 aliphatic carbocycles. The van der Waals surface area contributed by atoms with Crippen LogP contribution >= 0.6 is 11.3 Å². The van der Waals surface area contributed by atoms with Crippen LogP contribution in [0.15, 0.2) is 24.3 Å². The molecule has 1 N–H and O–H groups in total. The molecule has 1 aliphatic rings. The number of anilines is 1. The highest BCUT2D eigenvalue weighted by Crippen LogP contribution is 2.37. The monoisotopic (exact) mass is 346 g/mol. The number of thiazole rings is 1. The van der Waals surface area contributed by atoms with Crippen molar-refractivity contribution in [2.75, 3.05) is 18.0 Å². The summed E-state index contributed by atoms with van der Waals surface area (Å²) in [5.74, 6) is -0.279. The Kier molecular flexibility index (Phi) is 3.58. The zero-order valence-electron chi connectivity index (χ0n) is 13.7. The molecule has 0 unspecified atom stereocenters. The molecule has 0 saturated carbocycles. The van der Waals surface area contributed by atoms with E-state index in [2.05, 4.69) is 10.00 Å². The number of rotatable bonds is 2. The lowest BCUT2D eigenvalue weighted by molar-refractivity contribution is 0.0117. The maximum absolute atomic E-state index is 13.1. The fourth-order valence-corrected chi connectivity index (χ4v) is 4.41. The van der Waals surface area contributed by atoms with Gasteiger partial charge in [0.05, 0.1) is 16.0 Å². The predicted molar refractivity (Wildman–Crippen MR) is 92.9 cm³/mol. The van der Waals surface area contributed by atoms with Crippen molar-refractivity contribution >= 4 is 26.8 Å². The van der Waals surface area contributed by atoms with Crippen molar-refractivity contribution in [1.29, 1.82) is 0 Å². The number of hydrogen-bond acceptors (Lipinski definition) is 5. The van der Waals surface area contributed by atoms with Crippen molar-refractivity contribution in [3.8, 4) is 0 Å². The van der Waals surface area contributed by atoms with E-state index in [4.69, 9.17) is 4.98 Å². The summed E-state index contributed by atoms with van der Waals surface area (Å²) in [6.07, 6.45) is 1.21. The molecule has 0 radical (unpaired) electrons. The maximum atomic E-state index is 13.1. The minimum absolute atomic E-state index is 0.279. The Bertz CT molecular complexity index is 844. The first-order valence-electron chi connectivity index (χ1n) is 8.00. The Morgan fingerprint density at radius 2 is 1.88 bits per heavy atom. The lowest BCUT2D eigenvalue weighted by Crippen LogP contribution is -2.42. The summed E-state index contributed by atoms with van der Waals surface area (Å²) in [5, 5.41) is 16.3. The van der Waals surface area contributed by atoms with Gasteiger partial charge in [-0.05, 0) is 37.5 Å². The average molecular weight is 346 g/mol. The molecule has 5 nitrogen and oxygen atoms in total. The molecule has 3 heterocycles. The molecule has 4 rings (SSSR count). The molecule has 0 amide bonds. The number of benzene rings is 1. The largest absolute Gasteiger partial charge is 0.385 e. The van der Waals surface area contributed by atoms with Gasteiger partial charge < -0.3 is 10.0 Å². The van der Waals surface area contributed by atoms with E-state index in [9.17, 15) is 9.50 Å². The predicted octanol–water partition coefficient (Wildman–Crippen LogP) is 2.97. The molecule has 1 saturated heterocycles. The van der Waals surface area contributed by atoms with E-state index >= 15 is 0 Å². The summed E-state index contributed by atoms with van der Waals surface area (Å²) in [4.78, 5) is 6.91. The van der Waals surface area contributed by atoms with E-state index < -0.39 is 5.60 Å². The molecular formula is C17H19FN4OS. The molecule has 0 spiro atoms. The van der Waals surface area contributed by atoms with Crippen LogP contribution in [-0.2, 0) is 12.6 Å². The van der Waals surface area contributed by atoms with Crippen molar-refractivity contribution in [3.63, 3.8) is 0 Å². The Labute approximate surface area is 143 Å². The van der Waals surface area contributed by atoms with Crippen LogP contribution in [0.2, 0.25) is 0 Å². The van der Waals surface area contributed by atoms with E-state index in [1.807, 2.05) is 18.7 Å². The van der Waals surface area contributed by atoms with E-state index in [0.29, 0.717) is 12.8 Å². The Hall–Kier alpha value is -1.99. The first-order valence-corrected chi connectivity index (χ1v) is 8.81. The van der Waals surface area contributed by atoms with Crippen LogP contribution in [0.25, 0.3) is 10.3 Å². The Morgan fingerprint density at radius 3 is 2.50 bits per heavy atom. The highest BCUT2D eigenvalue weighted by atomic mass is 32.1. The molecule has 126 valence electrons. The average Bonchev–Trinajstić information content (AvgIpc) is 3.11. The van der Waals surface area contributed by atoms with Crippen LogP contribution in [-0.4, -0.2) is 33.0 Å². The van der Waals surface area contributed by atoms with Crippen LogP contribution in [0.3, 0.4) is 0 Å². The van der Waals surface area contributed by atoms with Gasteiger partial charge >= 0.3 is 0 Å². The van der Waals surface area contributed by atoms with Crippen LogP contribution in [0.1, 0.15) is 24.1 Å². The third-order valence-corrected chi connectivity index (χ3v) is 5.99. The highest BCUT2D eigenvalue weighted by molar-refractivity contribution is 7.22. The van der Waals surface area contributed by atoms with Crippen molar-refractivity contribution in [2.24, 2.45) is 7.05 Å². The molecule has 2 aromatic heterocycles. The van der Waals surface area contributed by atoms with Gasteiger partial charge in [-0.2, -0.15) is 5.10 Å². The van der Waals surface area contributed by atoms with Crippen LogP contribution in [0, 0.1) is 12.7 Å². The standard InChI is InChI=1S/C17H19FN4OS/c1-11-14-15(21(2)20-11)19-16(24-14)22-9-7-17(23,8-10-22)12-3-5-13(18)6-4-12/h3-6,23H,7-10H2,1-2H3. The van der Waals surface area contributed by atoms with Crippen molar-refractivity contribution in [2.45, 2.75) is 25.4 Å². The second kappa shape index (κ2) is 5.53. The molecular weight excluding hydrogens is 327 g/mol. The summed E-state index contributed by atoms with van der Waals surface area (Å²) in [7, 11) is 1.91. The second-order valence-electron chi connectivity index (χ2n) is 6.38. The van der Waals surface area contributed by atoms with Crippen molar-refractivity contribution in [3.05, 3.63) is 41.3 Å². The Morgan fingerprint density at radius 1 is 1.21 bits per heavy atom. The number of aryl methyl sites for hydroxylation is 2. The van der Waals surface area contributed by atoms with Gasteiger partial charge in [-0.15, -0.1) is 0 Å². The fourth-order valence-electron chi connectivity index (χ4n) is 3.33. The SMILES string of the molecule is Cc1nn(C)c2nc(N3CCC(O)(c4ccc(F)cc4)CC3)sc12. The molecule has 7 heteroatoms. The first kappa shape index (κ1) is 15.5. The van der Waals surface area contributed by atoms with Gasteiger partial charge in [0, 0.05) is 20.1 Å². The number of nitrogens with zero attached hydrogens (tertiary/aromatic N) is 4. The van der Waals surface area contributed by atoms with Crippen LogP contribution in [0.5, 0.6) is 0 Å². The molecule has 1 fully saturated rings. The summed E-state index contributed by atoms with van der Waals surface area (Å²) in [6, 6.07) is 6.17. The highest BCUT2D eigenvalue weighted by Gasteiger charge is 2.35. The van der Waals surface area contributed by atoms with Crippen LogP contribution < -0.4 is 4.90 Å². The Balaban J connectivity index is 1.54. The minimum Gasteiger partial charge on any atom is -0.385 e. The van der Waals surface area contributed by atoms with Crippen molar-refractivity contribution < 1.29 is 9.50 Å². The summed E-state index contributed by atoms with van der Waals surface area (Å²) >= 11 is 1.65. The molecule has 1 aliphatic heterocycles. The van der Waals surface area contributed by atoms with Gasteiger partial charge in [-0.25, -0.2) is 14.1 Å². The zero-order chi connectivity index (χ0) is 16.9. The molecule has 3 aromatic rings. The normalized spacial score (nSPS) is 17.6. The first-order chi connectivity index (χ1) is 11.5. The summed E-state index contributed by atoms with van der Waals surface area (Å²) in [6.45, 7) is 3.44. The van der Waals surface area contributed by atoms with Crippen molar-refractivity contribution in [1.82, 2.24) is 14.8 Å². The molecule has 24 heavy (non-hydrogen) atoms. The number of aliphatic hydroxyl groups is 1. The molecule has 0 bridgehead atoms. The quantitative estimate of drug-likeness (QED) is 0.775. The third-order valence-electron chi connectivity index (χ3n) is 4.78. The smallest absolute Gasteiger partial charge is 0.188 e. The van der Waals surface area contributed by atoms with Crippen LogP contribution in [0.4, 0.5) is 9.52 Å². The van der Waals surface area contributed by atoms with Gasteiger partial charge in [0.2, 0.25) is 0 Å². The summed E-state index contributed by atoms with van der Waals surface area (Å²) in [5.41, 5.74) is 1.80. The summed E-state index contributed by atoms with van der Waals surface area (Å²) < 4.78 is 16.0. The molecule has 0 atom stereocenters. The molecule has 1 aromatic carbocycles. The van der Waals surface area contributed by atoms with Gasteiger partial charge in [0.25, 0.3) is 0 Å². The lowest BCUT2D eigenvalue weighted by atomic mass is 9.84. The van der Waals surface area contributed by atoms with Gasteiger partial charge in [0.1, 0.15) is 5.82 Å².